The number of ether oxygens (including phenoxy) is 1. The van der Waals surface area contributed by atoms with Gasteiger partial charge in [0.15, 0.2) is 0 Å². The van der Waals surface area contributed by atoms with Crippen molar-refractivity contribution in [2.75, 3.05) is 12.0 Å². The van der Waals surface area contributed by atoms with Crippen molar-refractivity contribution in [2.45, 2.75) is 50.2 Å². The second-order valence-corrected chi connectivity index (χ2v) is 6.55. The molecule has 0 spiro atoms. The molecule has 0 amide bonds. The molecule has 104 valence electrons. The third kappa shape index (κ3) is 2.48. The summed E-state index contributed by atoms with van der Waals surface area (Å²) in [5.41, 5.74) is 7.46. The van der Waals surface area contributed by atoms with Gasteiger partial charge in [0, 0.05) is 28.7 Å². The Labute approximate surface area is 123 Å². The van der Waals surface area contributed by atoms with E-state index < -0.39 is 0 Å². The van der Waals surface area contributed by atoms with E-state index in [1.165, 1.54) is 24.9 Å². The van der Waals surface area contributed by atoms with Gasteiger partial charge in [0.05, 0.1) is 12.8 Å². The molecule has 2 atom stereocenters. The van der Waals surface area contributed by atoms with Crippen LogP contribution < -0.4 is 15.4 Å². The number of benzene rings is 1. The molecule has 2 saturated heterocycles. The minimum Gasteiger partial charge on any atom is -0.497 e. The molecule has 19 heavy (non-hydrogen) atoms. The van der Waals surface area contributed by atoms with Gasteiger partial charge in [-0.1, -0.05) is 0 Å². The van der Waals surface area contributed by atoms with E-state index in [0.717, 1.165) is 23.1 Å². The first kappa shape index (κ1) is 13.3. The van der Waals surface area contributed by atoms with Gasteiger partial charge in [-0.3, -0.25) is 0 Å². The maximum Gasteiger partial charge on any atom is 0.121 e. The molecule has 3 rings (SSSR count). The monoisotopic (exact) mass is 324 g/mol. The van der Waals surface area contributed by atoms with Crippen molar-refractivity contribution >= 4 is 21.6 Å². The zero-order chi connectivity index (χ0) is 13.4. The van der Waals surface area contributed by atoms with Crippen LogP contribution in [0.2, 0.25) is 0 Å². The Hall–Kier alpha value is -0.740. The van der Waals surface area contributed by atoms with Gasteiger partial charge in [-0.2, -0.15) is 0 Å². The van der Waals surface area contributed by atoms with E-state index in [1.54, 1.807) is 7.11 Å². The van der Waals surface area contributed by atoms with Crippen LogP contribution in [0, 0.1) is 0 Å². The van der Waals surface area contributed by atoms with Crippen molar-refractivity contribution in [1.29, 1.82) is 0 Å². The molecule has 0 aliphatic carbocycles. The molecule has 3 nitrogen and oxygen atoms in total. The van der Waals surface area contributed by atoms with E-state index in [2.05, 4.69) is 33.0 Å². The Morgan fingerprint density at radius 1 is 1.26 bits per heavy atom. The maximum atomic E-state index is 6.20. The molecular formula is C15H21BrN2O. The van der Waals surface area contributed by atoms with Crippen LogP contribution >= 0.6 is 15.9 Å². The molecule has 2 aliphatic heterocycles. The van der Waals surface area contributed by atoms with Crippen molar-refractivity contribution in [3.63, 3.8) is 0 Å². The summed E-state index contributed by atoms with van der Waals surface area (Å²) < 4.78 is 6.53. The fourth-order valence-electron chi connectivity index (χ4n) is 3.63. The number of hydrogen-bond donors (Lipinski definition) is 1. The molecule has 4 heteroatoms. The summed E-state index contributed by atoms with van der Waals surface area (Å²) in [7, 11) is 1.72. The number of methoxy groups -OCH3 is 1. The molecule has 2 heterocycles. The lowest BCUT2D eigenvalue weighted by Gasteiger charge is -2.50. The number of piperidine rings is 2. The lowest BCUT2D eigenvalue weighted by atomic mass is 9.81. The molecule has 2 bridgehead atoms. The summed E-state index contributed by atoms with van der Waals surface area (Å²) in [5, 5.41) is 0. The van der Waals surface area contributed by atoms with Crippen molar-refractivity contribution < 1.29 is 4.74 Å². The van der Waals surface area contributed by atoms with Crippen LogP contribution in [0.1, 0.15) is 32.1 Å². The van der Waals surface area contributed by atoms with Crippen LogP contribution in [0.25, 0.3) is 0 Å². The van der Waals surface area contributed by atoms with Crippen molar-refractivity contribution in [3.8, 4) is 5.75 Å². The smallest absolute Gasteiger partial charge is 0.121 e. The number of hydrogen-bond acceptors (Lipinski definition) is 3. The molecular weight excluding hydrogens is 304 g/mol. The SMILES string of the molecule is COc1ccc(Br)c(N2C3CCCC2CC(N)C3)c1. The Morgan fingerprint density at radius 3 is 2.58 bits per heavy atom. The molecule has 1 aromatic carbocycles. The summed E-state index contributed by atoms with van der Waals surface area (Å²) in [4.78, 5) is 2.58. The average molecular weight is 325 g/mol. The van der Waals surface area contributed by atoms with E-state index in [9.17, 15) is 0 Å². The van der Waals surface area contributed by atoms with E-state index in [-0.39, 0.29) is 0 Å². The third-order valence-electron chi connectivity index (χ3n) is 4.44. The highest BCUT2D eigenvalue weighted by molar-refractivity contribution is 9.10. The number of rotatable bonds is 2. The van der Waals surface area contributed by atoms with Gasteiger partial charge in [0.25, 0.3) is 0 Å². The first-order valence-corrected chi connectivity index (χ1v) is 7.86. The highest BCUT2D eigenvalue weighted by Gasteiger charge is 2.37. The fraction of sp³-hybridized carbons (Fsp3) is 0.600. The summed E-state index contributed by atoms with van der Waals surface area (Å²) in [5.74, 6) is 0.922. The van der Waals surface area contributed by atoms with Crippen LogP contribution in [0.15, 0.2) is 22.7 Å². The lowest BCUT2D eigenvalue weighted by molar-refractivity contribution is 0.271. The van der Waals surface area contributed by atoms with Crippen LogP contribution in [0.5, 0.6) is 5.75 Å². The molecule has 0 radical (unpaired) electrons. The zero-order valence-corrected chi connectivity index (χ0v) is 12.9. The molecule has 2 fully saturated rings. The van der Waals surface area contributed by atoms with Gasteiger partial charge >= 0.3 is 0 Å². The second kappa shape index (κ2) is 5.33. The molecule has 0 saturated carbocycles. The highest BCUT2D eigenvalue weighted by atomic mass is 79.9. The van der Waals surface area contributed by atoms with Gasteiger partial charge in [0.1, 0.15) is 5.75 Å². The summed E-state index contributed by atoms with van der Waals surface area (Å²) in [6.07, 6.45) is 6.07. The Bertz CT molecular complexity index is 451. The average Bonchev–Trinajstić information content (AvgIpc) is 2.39. The summed E-state index contributed by atoms with van der Waals surface area (Å²) in [6, 6.07) is 7.77. The number of halogens is 1. The Kier molecular flexibility index (Phi) is 3.72. The largest absolute Gasteiger partial charge is 0.497 e. The van der Waals surface area contributed by atoms with Crippen LogP contribution in [-0.4, -0.2) is 25.2 Å². The molecule has 2 N–H and O–H groups in total. The van der Waals surface area contributed by atoms with E-state index in [4.69, 9.17) is 10.5 Å². The van der Waals surface area contributed by atoms with Gasteiger partial charge in [-0.25, -0.2) is 0 Å². The molecule has 2 unspecified atom stereocenters. The number of nitrogens with zero attached hydrogens (tertiary/aromatic N) is 1. The predicted molar refractivity (Wildman–Crippen MR) is 81.8 cm³/mol. The topological polar surface area (TPSA) is 38.5 Å². The summed E-state index contributed by atoms with van der Waals surface area (Å²) in [6.45, 7) is 0. The second-order valence-electron chi connectivity index (χ2n) is 5.69. The Morgan fingerprint density at radius 2 is 1.95 bits per heavy atom. The van der Waals surface area contributed by atoms with Crippen LogP contribution in [0.4, 0.5) is 5.69 Å². The van der Waals surface area contributed by atoms with Gasteiger partial charge in [0.2, 0.25) is 0 Å². The van der Waals surface area contributed by atoms with E-state index in [0.29, 0.717) is 18.1 Å². The Balaban J connectivity index is 1.96. The maximum absolute atomic E-state index is 6.20. The highest BCUT2D eigenvalue weighted by Crippen LogP contribution is 2.41. The zero-order valence-electron chi connectivity index (χ0n) is 11.3. The normalized spacial score (nSPS) is 30.3. The molecule has 0 aromatic heterocycles. The third-order valence-corrected chi connectivity index (χ3v) is 5.11. The fourth-order valence-corrected chi connectivity index (χ4v) is 4.09. The van der Waals surface area contributed by atoms with E-state index in [1.807, 2.05) is 6.07 Å². The molecule has 2 aliphatic rings. The van der Waals surface area contributed by atoms with Gasteiger partial charge < -0.3 is 15.4 Å². The first-order valence-electron chi connectivity index (χ1n) is 7.06. The minimum atomic E-state index is 0.371. The summed E-state index contributed by atoms with van der Waals surface area (Å²) >= 11 is 3.69. The van der Waals surface area contributed by atoms with Gasteiger partial charge in [-0.05, 0) is 60.2 Å². The van der Waals surface area contributed by atoms with Crippen LogP contribution in [-0.2, 0) is 0 Å². The number of anilines is 1. The van der Waals surface area contributed by atoms with Gasteiger partial charge in [-0.15, -0.1) is 0 Å². The van der Waals surface area contributed by atoms with Crippen molar-refractivity contribution in [1.82, 2.24) is 0 Å². The van der Waals surface area contributed by atoms with E-state index >= 15 is 0 Å². The standard InChI is InChI=1S/C15H21BrN2O/c1-19-13-5-6-14(16)15(9-13)18-11-3-2-4-12(18)8-10(17)7-11/h5-6,9-12H,2-4,7-8,17H2,1H3. The predicted octanol–water partition coefficient (Wildman–Crippen LogP) is 3.31. The molecule has 1 aromatic rings. The van der Waals surface area contributed by atoms with Crippen LogP contribution in [0.3, 0.4) is 0 Å². The van der Waals surface area contributed by atoms with Crippen molar-refractivity contribution in [3.05, 3.63) is 22.7 Å². The number of fused-ring (bicyclic) bond motifs is 2. The quantitative estimate of drug-likeness (QED) is 0.907. The van der Waals surface area contributed by atoms with Crippen molar-refractivity contribution in [2.24, 2.45) is 5.73 Å². The minimum absolute atomic E-state index is 0.371. The number of nitrogens with two attached hydrogens (primary N) is 1. The first-order chi connectivity index (χ1) is 9.19. The lowest BCUT2D eigenvalue weighted by Crippen LogP contribution is -2.55.